The van der Waals surface area contributed by atoms with Crippen molar-refractivity contribution < 1.29 is 9.90 Å². The van der Waals surface area contributed by atoms with Crippen LogP contribution in [0.25, 0.3) is 22.4 Å². The third-order valence-electron chi connectivity index (χ3n) is 3.70. The predicted octanol–water partition coefficient (Wildman–Crippen LogP) is 4.43. The van der Waals surface area contributed by atoms with Gasteiger partial charge in [-0.05, 0) is 11.6 Å². The van der Waals surface area contributed by atoms with Gasteiger partial charge in [0, 0.05) is 23.2 Å². The monoisotopic (exact) mass is 303 g/mol. The van der Waals surface area contributed by atoms with Gasteiger partial charge < -0.3 is 5.11 Å². The fourth-order valence-electron chi connectivity index (χ4n) is 2.57. The lowest BCUT2D eigenvalue weighted by Crippen LogP contribution is -2.02. The van der Waals surface area contributed by atoms with Crippen molar-refractivity contribution >= 4 is 5.97 Å². The maximum atomic E-state index is 10.9. The first-order valence-electron chi connectivity index (χ1n) is 7.56. The summed E-state index contributed by atoms with van der Waals surface area (Å²) in [4.78, 5) is 15.7. The topological polar surface area (TPSA) is 50.2 Å². The van der Waals surface area contributed by atoms with Crippen molar-refractivity contribution in [3.8, 4) is 22.4 Å². The van der Waals surface area contributed by atoms with Crippen molar-refractivity contribution in [3.63, 3.8) is 0 Å². The van der Waals surface area contributed by atoms with Gasteiger partial charge in [-0.15, -0.1) is 0 Å². The molecule has 3 aromatic rings. The quantitative estimate of drug-likeness (QED) is 0.758. The summed E-state index contributed by atoms with van der Waals surface area (Å²) in [5, 5.41) is 8.99. The van der Waals surface area contributed by atoms with Crippen LogP contribution in [-0.4, -0.2) is 16.1 Å². The Labute approximate surface area is 135 Å². The van der Waals surface area contributed by atoms with E-state index in [1.165, 1.54) is 0 Å². The fourth-order valence-corrected chi connectivity index (χ4v) is 2.57. The van der Waals surface area contributed by atoms with E-state index >= 15 is 0 Å². The Kier molecular flexibility index (Phi) is 4.48. The first-order valence-corrected chi connectivity index (χ1v) is 7.56. The van der Waals surface area contributed by atoms with Crippen molar-refractivity contribution in [1.29, 1.82) is 0 Å². The second-order valence-electron chi connectivity index (χ2n) is 5.32. The Balaban J connectivity index is 2.04. The van der Waals surface area contributed by atoms with Crippen LogP contribution < -0.4 is 0 Å². The molecule has 0 radical (unpaired) electrons. The molecule has 1 heterocycles. The van der Waals surface area contributed by atoms with Gasteiger partial charge in [-0.3, -0.25) is 9.78 Å². The number of aromatic nitrogens is 1. The van der Waals surface area contributed by atoms with E-state index in [1.54, 1.807) is 0 Å². The van der Waals surface area contributed by atoms with E-state index in [9.17, 15) is 4.79 Å². The number of rotatable bonds is 5. The number of carboxylic acid groups (broad SMARTS) is 1. The Bertz CT molecular complexity index is 798. The number of carbonyl (C=O) groups is 1. The Morgan fingerprint density at radius 3 is 2.04 bits per heavy atom. The SMILES string of the molecule is O=C(O)CCc1nc(-c2ccccc2)ccc1-c1ccccc1. The number of hydrogen-bond acceptors (Lipinski definition) is 2. The molecule has 0 saturated carbocycles. The van der Waals surface area contributed by atoms with Crippen molar-refractivity contribution in [2.24, 2.45) is 0 Å². The minimum atomic E-state index is -0.809. The van der Waals surface area contributed by atoms with Crippen LogP contribution in [0.1, 0.15) is 12.1 Å². The van der Waals surface area contributed by atoms with E-state index in [1.807, 2.05) is 72.8 Å². The number of aliphatic carboxylic acids is 1. The van der Waals surface area contributed by atoms with E-state index < -0.39 is 5.97 Å². The molecule has 3 heteroatoms. The first kappa shape index (κ1) is 15.0. The van der Waals surface area contributed by atoms with E-state index in [-0.39, 0.29) is 6.42 Å². The van der Waals surface area contributed by atoms with Crippen molar-refractivity contribution in [3.05, 3.63) is 78.5 Å². The highest BCUT2D eigenvalue weighted by molar-refractivity contribution is 5.71. The minimum absolute atomic E-state index is 0.0745. The molecule has 0 aliphatic rings. The Hall–Kier alpha value is -2.94. The molecule has 0 aliphatic heterocycles. The van der Waals surface area contributed by atoms with Crippen molar-refractivity contribution in [1.82, 2.24) is 4.98 Å². The van der Waals surface area contributed by atoms with Gasteiger partial charge in [-0.25, -0.2) is 0 Å². The van der Waals surface area contributed by atoms with Gasteiger partial charge in [0.25, 0.3) is 0 Å². The molecule has 0 fully saturated rings. The molecule has 1 N–H and O–H groups in total. The lowest BCUT2D eigenvalue weighted by molar-refractivity contribution is -0.136. The van der Waals surface area contributed by atoms with Crippen LogP contribution in [0.15, 0.2) is 72.8 Å². The maximum Gasteiger partial charge on any atom is 0.303 e. The average Bonchev–Trinajstić information content (AvgIpc) is 2.61. The molecule has 0 spiro atoms. The van der Waals surface area contributed by atoms with Crippen LogP contribution in [0.5, 0.6) is 0 Å². The highest BCUT2D eigenvalue weighted by Crippen LogP contribution is 2.27. The molecule has 114 valence electrons. The molecule has 1 aromatic heterocycles. The summed E-state index contributed by atoms with van der Waals surface area (Å²) in [6, 6.07) is 23.9. The van der Waals surface area contributed by atoms with E-state index in [0.717, 1.165) is 28.1 Å². The zero-order valence-corrected chi connectivity index (χ0v) is 12.6. The van der Waals surface area contributed by atoms with Gasteiger partial charge >= 0.3 is 5.97 Å². The molecule has 0 atom stereocenters. The highest BCUT2D eigenvalue weighted by atomic mass is 16.4. The molecule has 0 unspecified atom stereocenters. The number of pyridine rings is 1. The molecular weight excluding hydrogens is 286 g/mol. The van der Waals surface area contributed by atoms with Gasteiger partial charge in [-0.1, -0.05) is 66.7 Å². The normalized spacial score (nSPS) is 10.4. The lowest BCUT2D eigenvalue weighted by Gasteiger charge is -2.11. The van der Waals surface area contributed by atoms with E-state index in [2.05, 4.69) is 0 Å². The van der Waals surface area contributed by atoms with Crippen LogP contribution >= 0.6 is 0 Å². The number of benzene rings is 2. The Morgan fingerprint density at radius 1 is 0.826 bits per heavy atom. The van der Waals surface area contributed by atoms with Gasteiger partial charge in [0.2, 0.25) is 0 Å². The molecule has 2 aromatic carbocycles. The third-order valence-corrected chi connectivity index (χ3v) is 3.70. The molecular formula is C20H17NO2. The molecule has 0 aliphatic carbocycles. The summed E-state index contributed by atoms with van der Waals surface area (Å²) < 4.78 is 0. The largest absolute Gasteiger partial charge is 0.481 e. The summed E-state index contributed by atoms with van der Waals surface area (Å²) in [6.45, 7) is 0. The zero-order valence-electron chi connectivity index (χ0n) is 12.6. The van der Waals surface area contributed by atoms with Crippen LogP contribution in [0.4, 0.5) is 0 Å². The molecule has 3 rings (SSSR count). The van der Waals surface area contributed by atoms with Gasteiger partial charge in [-0.2, -0.15) is 0 Å². The second-order valence-corrected chi connectivity index (χ2v) is 5.32. The standard InChI is InChI=1S/C20H17NO2/c22-20(23)14-13-19-17(15-7-3-1-4-8-15)11-12-18(21-19)16-9-5-2-6-10-16/h1-12H,13-14H2,(H,22,23). The summed E-state index contributed by atoms with van der Waals surface area (Å²) in [5.74, 6) is -0.809. The van der Waals surface area contributed by atoms with Crippen LogP contribution in [-0.2, 0) is 11.2 Å². The smallest absolute Gasteiger partial charge is 0.303 e. The van der Waals surface area contributed by atoms with Crippen LogP contribution in [0, 0.1) is 0 Å². The summed E-state index contributed by atoms with van der Waals surface area (Å²) >= 11 is 0. The predicted molar refractivity (Wildman–Crippen MR) is 91.1 cm³/mol. The fraction of sp³-hybridized carbons (Fsp3) is 0.100. The summed E-state index contributed by atoms with van der Waals surface area (Å²) in [6.07, 6.45) is 0.491. The van der Waals surface area contributed by atoms with Gasteiger partial charge in [0.1, 0.15) is 0 Å². The second kappa shape index (κ2) is 6.88. The zero-order chi connectivity index (χ0) is 16.1. The molecule has 0 bridgehead atoms. The Morgan fingerprint density at radius 2 is 1.43 bits per heavy atom. The lowest BCUT2D eigenvalue weighted by atomic mass is 9.99. The van der Waals surface area contributed by atoms with Gasteiger partial charge in [0.05, 0.1) is 12.1 Å². The van der Waals surface area contributed by atoms with Gasteiger partial charge in [0.15, 0.2) is 0 Å². The van der Waals surface area contributed by atoms with Crippen molar-refractivity contribution in [2.75, 3.05) is 0 Å². The summed E-state index contributed by atoms with van der Waals surface area (Å²) in [5.41, 5.74) is 4.76. The number of nitrogens with zero attached hydrogens (tertiary/aromatic N) is 1. The van der Waals surface area contributed by atoms with Crippen LogP contribution in [0.2, 0.25) is 0 Å². The molecule has 3 nitrogen and oxygen atoms in total. The molecule has 23 heavy (non-hydrogen) atoms. The molecule has 0 saturated heterocycles. The average molecular weight is 303 g/mol. The number of hydrogen-bond donors (Lipinski definition) is 1. The first-order chi connectivity index (χ1) is 11.2. The third kappa shape index (κ3) is 3.64. The summed E-state index contributed by atoms with van der Waals surface area (Å²) in [7, 11) is 0. The minimum Gasteiger partial charge on any atom is -0.481 e. The van der Waals surface area contributed by atoms with E-state index in [4.69, 9.17) is 10.1 Å². The maximum absolute atomic E-state index is 10.9. The van der Waals surface area contributed by atoms with Crippen LogP contribution in [0.3, 0.4) is 0 Å². The molecule has 0 amide bonds. The number of carboxylic acids is 1. The number of aryl methyl sites for hydroxylation is 1. The highest BCUT2D eigenvalue weighted by Gasteiger charge is 2.10. The van der Waals surface area contributed by atoms with E-state index in [0.29, 0.717) is 6.42 Å². The van der Waals surface area contributed by atoms with Crippen molar-refractivity contribution in [2.45, 2.75) is 12.8 Å².